The molecule has 1 aliphatic rings. The van der Waals surface area contributed by atoms with Gasteiger partial charge in [0.2, 0.25) is 11.0 Å². The molecular formula is C24H26N4O6S3. The van der Waals surface area contributed by atoms with Gasteiger partial charge in [0.15, 0.2) is 15.8 Å². The molecule has 1 aromatic carbocycles. The summed E-state index contributed by atoms with van der Waals surface area (Å²) in [6.07, 6.45) is 2.70. The number of benzene rings is 1. The Morgan fingerprint density at radius 1 is 1.11 bits per heavy atom. The highest BCUT2D eigenvalue weighted by atomic mass is 32.2. The Bertz CT molecular complexity index is 1320. The van der Waals surface area contributed by atoms with E-state index >= 15 is 0 Å². The summed E-state index contributed by atoms with van der Waals surface area (Å²) in [4.78, 5) is 39.4. The van der Waals surface area contributed by atoms with Crippen LogP contribution in [-0.4, -0.2) is 54.1 Å². The van der Waals surface area contributed by atoms with E-state index in [4.69, 9.17) is 14.2 Å². The molecule has 2 aromatic heterocycles. The standard InChI is InChI=1S/C24H26N4O6S3/c1-5-34-22(31)17-13-8-7-11-16(13)36-21(17)25-19(29)12(2)35-24-28-27-23(37-24)26-20(30)14-9-6-10-15(32-3)18(14)33-4/h6,9-10,12H,5,7-8,11H2,1-4H3,(H,25,29)(H,26,27,30). The van der Waals surface area contributed by atoms with Crippen LogP contribution in [0.15, 0.2) is 22.5 Å². The normalized spacial score (nSPS) is 13.0. The number of rotatable bonds is 10. The number of ether oxygens (including phenoxy) is 3. The fourth-order valence-electron chi connectivity index (χ4n) is 3.87. The molecule has 0 fully saturated rings. The van der Waals surface area contributed by atoms with Crippen LogP contribution in [0.2, 0.25) is 0 Å². The van der Waals surface area contributed by atoms with Gasteiger partial charge in [-0.1, -0.05) is 29.2 Å². The molecular weight excluding hydrogens is 536 g/mol. The molecule has 2 N–H and O–H groups in total. The van der Waals surface area contributed by atoms with Gasteiger partial charge < -0.3 is 19.5 Å². The van der Waals surface area contributed by atoms with Crippen molar-refractivity contribution in [2.24, 2.45) is 0 Å². The SMILES string of the molecule is CCOC(=O)c1c(NC(=O)C(C)Sc2nnc(NC(=O)c3cccc(OC)c3OC)s2)sc2c1CCC2. The largest absolute Gasteiger partial charge is 0.493 e. The number of aromatic nitrogens is 2. The molecule has 0 saturated carbocycles. The number of aryl methyl sites for hydroxylation is 1. The molecule has 2 amide bonds. The van der Waals surface area contributed by atoms with Gasteiger partial charge in [0, 0.05) is 4.88 Å². The van der Waals surface area contributed by atoms with Crippen LogP contribution < -0.4 is 20.1 Å². The maximum absolute atomic E-state index is 13.0. The van der Waals surface area contributed by atoms with Crippen molar-refractivity contribution in [1.82, 2.24) is 10.2 Å². The lowest BCUT2D eigenvalue weighted by atomic mass is 10.1. The zero-order chi connectivity index (χ0) is 26.5. The van der Waals surface area contributed by atoms with Crippen molar-refractivity contribution >= 4 is 62.4 Å². The summed E-state index contributed by atoms with van der Waals surface area (Å²) >= 11 is 3.79. The molecule has 1 atom stereocenters. The predicted octanol–water partition coefficient (Wildman–Crippen LogP) is 4.65. The lowest BCUT2D eigenvalue weighted by Gasteiger charge is -2.11. The van der Waals surface area contributed by atoms with Crippen molar-refractivity contribution in [3.63, 3.8) is 0 Å². The maximum atomic E-state index is 13.0. The monoisotopic (exact) mass is 562 g/mol. The molecule has 0 spiro atoms. The molecule has 1 unspecified atom stereocenters. The maximum Gasteiger partial charge on any atom is 0.341 e. The van der Waals surface area contributed by atoms with E-state index in [2.05, 4.69) is 20.8 Å². The van der Waals surface area contributed by atoms with Crippen molar-refractivity contribution in [3.8, 4) is 11.5 Å². The molecule has 10 nitrogen and oxygen atoms in total. The van der Waals surface area contributed by atoms with E-state index in [-0.39, 0.29) is 17.6 Å². The minimum absolute atomic E-state index is 0.266. The number of fused-ring (bicyclic) bond motifs is 1. The summed E-state index contributed by atoms with van der Waals surface area (Å²) in [5, 5.41) is 14.0. The second kappa shape index (κ2) is 11.9. The lowest BCUT2D eigenvalue weighted by Crippen LogP contribution is -2.23. The van der Waals surface area contributed by atoms with Crippen LogP contribution in [0.1, 0.15) is 51.4 Å². The average molecular weight is 563 g/mol. The fraction of sp³-hybridized carbons (Fsp3) is 0.375. The van der Waals surface area contributed by atoms with Crippen LogP contribution in [-0.2, 0) is 22.4 Å². The number of para-hydroxylation sites is 1. The number of carbonyl (C=O) groups is 3. The van der Waals surface area contributed by atoms with Crippen molar-refractivity contribution < 1.29 is 28.6 Å². The van der Waals surface area contributed by atoms with Gasteiger partial charge in [-0.2, -0.15) is 0 Å². The van der Waals surface area contributed by atoms with Gasteiger partial charge in [0.25, 0.3) is 5.91 Å². The van der Waals surface area contributed by atoms with Gasteiger partial charge in [0.05, 0.1) is 37.2 Å². The fourth-order valence-corrected chi connectivity index (χ4v) is 7.04. The van der Waals surface area contributed by atoms with Gasteiger partial charge in [-0.15, -0.1) is 21.5 Å². The average Bonchev–Trinajstić information content (AvgIpc) is 3.60. The van der Waals surface area contributed by atoms with Crippen LogP contribution in [0.5, 0.6) is 11.5 Å². The number of nitrogens with zero attached hydrogens (tertiary/aromatic N) is 2. The highest BCUT2D eigenvalue weighted by Gasteiger charge is 2.29. The van der Waals surface area contributed by atoms with Crippen LogP contribution in [0.25, 0.3) is 0 Å². The Morgan fingerprint density at radius 2 is 1.92 bits per heavy atom. The van der Waals surface area contributed by atoms with Crippen LogP contribution in [0.4, 0.5) is 10.1 Å². The van der Waals surface area contributed by atoms with Crippen molar-refractivity contribution in [3.05, 3.63) is 39.8 Å². The lowest BCUT2D eigenvalue weighted by molar-refractivity contribution is -0.115. The zero-order valence-corrected chi connectivity index (χ0v) is 23.2. The molecule has 4 rings (SSSR count). The number of thioether (sulfide) groups is 1. The Kier molecular flexibility index (Phi) is 8.67. The summed E-state index contributed by atoms with van der Waals surface area (Å²) < 4.78 is 16.3. The van der Waals surface area contributed by atoms with Gasteiger partial charge in [0.1, 0.15) is 5.00 Å². The number of nitrogens with one attached hydrogen (secondary N) is 2. The second-order valence-electron chi connectivity index (χ2n) is 7.90. The Labute approximate surface area is 226 Å². The van der Waals surface area contributed by atoms with E-state index in [0.29, 0.717) is 32.0 Å². The smallest absolute Gasteiger partial charge is 0.341 e. The third kappa shape index (κ3) is 5.89. The number of anilines is 2. The number of carbonyl (C=O) groups excluding carboxylic acids is 3. The topological polar surface area (TPSA) is 129 Å². The molecule has 13 heteroatoms. The number of thiophene rings is 1. The van der Waals surface area contributed by atoms with Crippen molar-refractivity contribution in [2.45, 2.75) is 42.7 Å². The van der Waals surface area contributed by atoms with Gasteiger partial charge in [-0.05, 0) is 50.8 Å². The van der Waals surface area contributed by atoms with Gasteiger partial charge in [-0.25, -0.2) is 4.79 Å². The quantitative estimate of drug-likeness (QED) is 0.206. The molecule has 0 radical (unpaired) electrons. The van der Waals surface area contributed by atoms with Crippen LogP contribution >= 0.6 is 34.4 Å². The second-order valence-corrected chi connectivity index (χ2v) is 11.6. The molecule has 37 heavy (non-hydrogen) atoms. The predicted molar refractivity (Wildman–Crippen MR) is 144 cm³/mol. The zero-order valence-electron chi connectivity index (χ0n) is 20.7. The van der Waals surface area contributed by atoms with Crippen LogP contribution in [0.3, 0.4) is 0 Å². The van der Waals surface area contributed by atoms with E-state index in [9.17, 15) is 14.4 Å². The highest BCUT2D eigenvalue weighted by Crippen LogP contribution is 2.40. The molecule has 2 heterocycles. The first-order chi connectivity index (χ1) is 17.9. The summed E-state index contributed by atoms with van der Waals surface area (Å²) in [5.41, 5.74) is 1.74. The first kappa shape index (κ1) is 26.9. The molecule has 196 valence electrons. The van der Waals surface area contributed by atoms with Crippen molar-refractivity contribution in [1.29, 1.82) is 0 Å². The van der Waals surface area contributed by atoms with Crippen LogP contribution in [0, 0.1) is 0 Å². The highest BCUT2D eigenvalue weighted by molar-refractivity contribution is 8.02. The first-order valence-corrected chi connectivity index (χ1v) is 14.0. The van der Waals surface area contributed by atoms with E-state index in [0.717, 1.165) is 41.0 Å². The van der Waals surface area contributed by atoms with E-state index in [1.54, 1.807) is 32.0 Å². The number of hydrogen-bond donors (Lipinski definition) is 2. The molecule has 0 bridgehead atoms. The Hall–Kier alpha value is -3.16. The summed E-state index contributed by atoms with van der Waals surface area (Å²) in [6.45, 7) is 3.77. The van der Waals surface area contributed by atoms with Gasteiger partial charge >= 0.3 is 5.97 Å². The summed E-state index contributed by atoms with van der Waals surface area (Å²) in [6, 6.07) is 5.00. The van der Waals surface area contributed by atoms with Crippen molar-refractivity contribution in [2.75, 3.05) is 31.5 Å². The molecule has 1 aliphatic carbocycles. The summed E-state index contributed by atoms with van der Waals surface area (Å²) in [5.74, 6) is -0.349. The Balaban J connectivity index is 1.41. The minimum atomic E-state index is -0.526. The first-order valence-electron chi connectivity index (χ1n) is 11.5. The van der Waals surface area contributed by atoms with E-state index < -0.39 is 17.1 Å². The summed E-state index contributed by atoms with van der Waals surface area (Å²) in [7, 11) is 2.95. The molecule has 0 saturated heterocycles. The number of amides is 2. The molecule has 3 aromatic rings. The van der Waals surface area contributed by atoms with Gasteiger partial charge in [-0.3, -0.25) is 14.9 Å². The Morgan fingerprint density at radius 3 is 2.65 bits per heavy atom. The third-order valence-electron chi connectivity index (χ3n) is 5.56. The molecule has 0 aliphatic heterocycles. The number of esters is 1. The third-order valence-corrected chi connectivity index (χ3v) is 8.79. The minimum Gasteiger partial charge on any atom is -0.493 e. The van der Waals surface area contributed by atoms with E-state index in [1.807, 2.05) is 0 Å². The number of hydrogen-bond acceptors (Lipinski definition) is 11. The number of methoxy groups -OCH3 is 2. The van der Waals surface area contributed by atoms with E-state index in [1.165, 1.54) is 37.3 Å².